The predicted octanol–water partition coefficient (Wildman–Crippen LogP) is 2.60. The molecular weight excluding hydrogens is 439 g/mol. The second kappa shape index (κ2) is 8.58. The molecule has 2 aliphatic rings. The van der Waals surface area contributed by atoms with E-state index in [4.69, 9.17) is 0 Å². The van der Waals surface area contributed by atoms with Crippen molar-refractivity contribution in [2.75, 3.05) is 0 Å². The molecule has 1 amide bonds. The van der Waals surface area contributed by atoms with Crippen molar-refractivity contribution in [3.8, 4) is 0 Å². The van der Waals surface area contributed by atoms with Gasteiger partial charge >= 0.3 is 5.69 Å². The minimum Gasteiger partial charge on any atom is -0.298 e. The quantitative estimate of drug-likeness (QED) is 0.609. The van der Waals surface area contributed by atoms with E-state index >= 15 is 0 Å². The molecule has 9 heteroatoms. The van der Waals surface area contributed by atoms with Crippen LogP contribution in [0.25, 0.3) is 10.9 Å². The van der Waals surface area contributed by atoms with E-state index in [0.29, 0.717) is 16.7 Å². The molecule has 2 heterocycles. The van der Waals surface area contributed by atoms with E-state index in [1.54, 1.807) is 30.3 Å². The van der Waals surface area contributed by atoms with E-state index in [2.05, 4.69) is 10.4 Å². The zero-order valence-electron chi connectivity index (χ0n) is 18.1. The number of hydrazine groups is 1. The van der Waals surface area contributed by atoms with Crippen LogP contribution in [0.3, 0.4) is 0 Å². The van der Waals surface area contributed by atoms with Crippen molar-refractivity contribution in [2.45, 2.75) is 25.8 Å². The average molecular weight is 460 g/mol. The Balaban J connectivity index is 1.38. The summed E-state index contributed by atoms with van der Waals surface area (Å²) >= 11 is 0. The monoisotopic (exact) mass is 460 g/mol. The molecular formula is C25H21FN4O4. The van der Waals surface area contributed by atoms with Gasteiger partial charge < -0.3 is 0 Å². The zero-order valence-corrected chi connectivity index (χ0v) is 18.1. The third kappa shape index (κ3) is 3.85. The van der Waals surface area contributed by atoms with Gasteiger partial charge in [0.25, 0.3) is 11.5 Å². The molecule has 0 spiro atoms. The lowest BCUT2D eigenvalue weighted by atomic mass is 9.80. The summed E-state index contributed by atoms with van der Waals surface area (Å²) in [5, 5.41) is 1.07. The van der Waals surface area contributed by atoms with Gasteiger partial charge in [-0.05, 0) is 48.7 Å². The highest BCUT2D eigenvalue weighted by Crippen LogP contribution is 2.30. The lowest BCUT2D eigenvalue weighted by Gasteiger charge is -2.27. The number of allylic oxidation sites excluding steroid dienone is 2. The van der Waals surface area contributed by atoms with Crippen LogP contribution in [0.15, 0.2) is 76.1 Å². The summed E-state index contributed by atoms with van der Waals surface area (Å²) in [6.07, 6.45) is 7.54. The minimum atomic E-state index is -0.788. The zero-order chi connectivity index (χ0) is 23.8. The van der Waals surface area contributed by atoms with Crippen molar-refractivity contribution in [3.05, 3.63) is 104 Å². The summed E-state index contributed by atoms with van der Waals surface area (Å²) in [6.45, 7) is 0.0277. The van der Waals surface area contributed by atoms with Gasteiger partial charge in [0, 0.05) is 29.5 Å². The number of halogens is 1. The number of H-pyrrole nitrogens is 1. The number of Topliss-reactive ketones (excluding diaryl/α,β-unsaturated/α-hetero) is 1. The second-order valence-electron chi connectivity index (χ2n) is 8.39. The summed E-state index contributed by atoms with van der Waals surface area (Å²) < 4.78 is 15.4. The van der Waals surface area contributed by atoms with Crippen molar-refractivity contribution in [1.29, 1.82) is 0 Å². The standard InChI is InChI=1S/C25H21FN4O4/c26-19-8-3-9-20-21(19)23(32)28-25(34)29(20)14-15-4-1-7-17(12-15)24(33)30-11-10-18(13-27-30)22(31)16-5-2-6-16/h1,3-4,7-13,16,27H,2,5-6,14H2,(H,28,32,34). The van der Waals surface area contributed by atoms with Crippen LogP contribution in [0, 0.1) is 11.7 Å². The highest BCUT2D eigenvalue weighted by Gasteiger charge is 2.28. The molecule has 0 radical (unpaired) electrons. The molecule has 172 valence electrons. The number of nitrogens with one attached hydrogen (secondary N) is 2. The maximum Gasteiger partial charge on any atom is 0.329 e. The lowest BCUT2D eigenvalue weighted by molar-refractivity contribution is -0.121. The van der Waals surface area contributed by atoms with E-state index in [1.807, 2.05) is 0 Å². The molecule has 8 nitrogen and oxygen atoms in total. The number of fused-ring (bicyclic) bond motifs is 1. The van der Waals surface area contributed by atoms with Crippen molar-refractivity contribution < 1.29 is 14.0 Å². The van der Waals surface area contributed by atoms with Gasteiger partial charge in [-0.3, -0.25) is 29.4 Å². The molecule has 1 saturated carbocycles. The van der Waals surface area contributed by atoms with E-state index in [-0.39, 0.29) is 35.1 Å². The Hall–Kier alpha value is -4.27. The first kappa shape index (κ1) is 21.6. The summed E-state index contributed by atoms with van der Waals surface area (Å²) in [4.78, 5) is 52.0. The molecule has 1 aliphatic heterocycles. The molecule has 0 atom stereocenters. The van der Waals surface area contributed by atoms with Crippen LogP contribution < -0.4 is 16.7 Å². The summed E-state index contributed by atoms with van der Waals surface area (Å²) in [7, 11) is 0. The number of aromatic amines is 1. The number of hydrogen-bond donors (Lipinski definition) is 2. The largest absolute Gasteiger partial charge is 0.329 e. The van der Waals surface area contributed by atoms with E-state index < -0.39 is 17.1 Å². The molecule has 5 rings (SSSR count). The molecule has 0 bridgehead atoms. The van der Waals surface area contributed by atoms with Crippen LogP contribution in [0.5, 0.6) is 0 Å². The third-order valence-electron chi connectivity index (χ3n) is 6.23. The van der Waals surface area contributed by atoms with Gasteiger partial charge in [0.1, 0.15) is 5.82 Å². The molecule has 0 saturated heterocycles. The van der Waals surface area contributed by atoms with Crippen LogP contribution >= 0.6 is 0 Å². The normalized spacial score (nSPS) is 15.6. The predicted molar refractivity (Wildman–Crippen MR) is 123 cm³/mol. The van der Waals surface area contributed by atoms with Gasteiger partial charge in [0.15, 0.2) is 5.78 Å². The molecule has 1 aromatic heterocycles. The van der Waals surface area contributed by atoms with Gasteiger partial charge in [-0.2, -0.15) is 0 Å². The smallest absolute Gasteiger partial charge is 0.298 e. The summed E-state index contributed by atoms with van der Waals surface area (Å²) in [5.74, 6) is -0.923. The number of nitrogens with zero attached hydrogens (tertiary/aromatic N) is 2. The van der Waals surface area contributed by atoms with Crippen LogP contribution in [-0.4, -0.2) is 26.3 Å². The summed E-state index contributed by atoms with van der Waals surface area (Å²) in [6, 6.07) is 10.8. The minimum absolute atomic E-state index is 0.0277. The SMILES string of the molecule is O=C(C1=CNN(C(=O)c2cccc(Cn3c(=O)[nH]c(=O)c4c(F)cccc43)c2)C=C1)C1CCC1. The molecule has 1 aliphatic carbocycles. The van der Waals surface area contributed by atoms with Gasteiger partial charge in [-0.1, -0.05) is 24.6 Å². The Morgan fingerprint density at radius 2 is 1.88 bits per heavy atom. The van der Waals surface area contributed by atoms with Crippen molar-refractivity contribution >= 4 is 22.6 Å². The maximum absolute atomic E-state index is 14.2. The number of amides is 1. The first-order valence-corrected chi connectivity index (χ1v) is 10.9. The van der Waals surface area contributed by atoms with Gasteiger partial charge in [0.05, 0.1) is 17.4 Å². The van der Waals surface area contributed by atoms with Gasteiger partial charge in [-0.15, -0.1) is 0 Å². The fourth-order valence-corrected chi connectivity index (χ4v) is 4.15. The second-order valence-corrected chi connectivity index (χ2v) is 8.39. The first-order chi connectivity index (χ1) is 16.4. The van der Waals surface area contributed by atoms with Crippen LogP contribution in [0.2, 0.25) is 0 Å². The van der Waals surface area contributed by atoms with Crippen molar-refractivity contribution in [3.63, 3.8) is 0 Å². The number of aromatic nitrogens is 2. The topological polar surface area (TPSA) is 104 Å². The van der Waals surface area contributed by atoms with E-state index in [0.717, 1.165) is 25.3 Å². The molecule has 34 heavy (non-hydrogen) atoms. The van der Waals surface area contributed by atoms with Gasteiger partial charge in [-0.25, -0.2) is 14.2 Å². The van der Waals surface area contributed by atoms with E-state index in [1.165, 1.54) is 34.1 Å². The Morgan fingerprint density at radius 3 is 2.59 bits per heavy atom. The fourth-order valence-electron chi connectivity index (χ4n) is 4.15. The Labute approximate surface area is 193 Å². The number of rotatable bonds is 5. The van der Waals surface area contributed by atoms with Crippen LogP contribution in [-0.2, 0) is 11.3 Å². The highest BCUT2D eigenvalue weighted by atomic mass is 19.1. The average Bonchev–Trinajstić information content (AvgIpc) is 2.80. The Morgan fingerprint density at radius 1 is 1.09 bits per heavy atom. The number of carbonyl (C=O) groups is 2. The Kier molecular flexibility index (Phi) is 5.45. The number of hydrogen-bond acceptors (Lipinski definition) is 5. The van der Waals surface area contributed by atoms with Crippen LogP contribution in [0.4, 0.5) is 4.39 Å². The Bertz CT molecular complexity index is 1500. The maximum atomic E-state index is 14.2. The number of benzene rings is 2. The highest BCUT2D eigenvalue weighted by molar-refractivity contribution is 6.01. The number of carbonyl (C=O) groups excluding carboxylic acids is 2. The lowest BCUT2D eigenvalue weighted by Crippen LogP contribution is -2.38. The van der Waals surface area contributed by atoms with Crippen LogP contribution in [0.1, 0.15) is 35.2 Å². The fraction of sp³-hybridized carbons (Fsp3) is 0.200. The molecule has 1 fully saturated rings. The number of ketones is 1. The first-order valence-electron chi connectivity index (χ1n) is 10.9. The summed E-state index contributed by atoms with van der Waals surface area (Å²) in [5.41, 5.74) is 3.06. The van der Waals surface area contributed by atoms with Crippen molar-refractivity contribution in [2.24, 2.45) is 5.92 Å². The molecule has 2 N–H and O–H groups in total. The van der Waals surface area contributed by atoms with E-state index in [9.17, 15) is 23.6 Å². The third-order valence-corrected chi connectivity index (χ3v) is 6.23. The molecule has 0 unspecified atom stereocenters. The molecule has 2 aromatic carbocycles. The van der Waals surface area contributed by atoms with Gasteiger partial charge in [0.2, 0.25) is 0 Å². The molecule has 3 aromatic rings. The van der Waals surface area contributed by atoms with Crippen molar-refractivity contribution in [1.82, 2.24) is 20.0 Å².